The normalized spacial score (nSPS) is 12.0. The van der Waals surface area contributed by atoms with Crippen LogP contribution in [0.15, 0.2) is 72.8 Å². The van der Waals surface area contributed by atoms with Crippen molar-refractivity contribution in [1.29, 1.82) is 0 Å². The molecule has 0 spiro atoms. The van der Waals surface area contributed by atoms with Crippen molar-refractivity contribution in [3.63, 3.8) is 0 Å². The molecule has 0 saturated heterocycles. The molecule has 0 aromatic heterocycles. The second-order valence-corrected chi connectivity index (χ2v) is 11.3. The standard InChI is InChI=1S/C35H37NO4S/c1-23-15-17-26(18-16-23)32-25(3)33-34-27(22-36(41-4)35(33)24(2)29(32)21-31(37)38)11-10-14-30(34)40-20-9-8-19-39-28-12-6-5-7-13-28/h5-7,10-18H,8-9,19-22H2,1-4H3,(H,37,38). The summed E-state index contributed by atoms with van der Waals surface area (Å²) in [5.41, 5.74) is 10.7. The Labute approximate surface area is 247 Å². The number of nitrogens with zero attached hydrogens (tertiary/aromatic N) is 1. The molecule has 1 heterocycles. The van der Waals surface area contributed by atoms with Crippen LogP contribution in [0.25, 0.3) is 22.3 Å². The molecule has 4 aromatic carbocycles. The largest absolute Gasteiger partial charge is 0.494 e. The lowest BCUT2D eigenvalue weighted by molar-refractivity contribution is -0.136. The summed E-state index contributed by atoms with van der Waals surface area (Å²) in [5, 5.41) is 9.90. The molecular weight excluding hydrogens is 530 g/mol. The molecule has 1 aliphatic heterocycles. The third-order valence-electron chi connectivity index (χ3n) is 7.72. The Bertz CT molecular complexity index is 1530. The summed E-state index contributed by atoms with van der Waals surface area (Å²) in [6, 6.07) is 24.6. The van der Waals surface area contributed by atoms with E-state index in [2.05, 4.69) is 73.8 Å². The minimum atomic E-state index is -0.826. The van der Waals surface area contributed by atoms with Crippen molar-refractivity contribution in [2.45, 2.75) is 46.6 Å². The zero-order valence-corrected chi connectivity index (χ0v) is 25.0. The van der Waals surface area contributed by atoms with Crippen molar-refractivity contribution in [3.8, 4) is 33.8 Å². The number of ether oxygens (including phenoxy) is 2. The number of unbranched alkanes of at least 4 members (excludes halogenated alkanes) is 1. The highest BCUT2D eigenvalue weighted by molar-refractivity contribution is 7.99. The number of rotatable bonds is 11. The van der Waals surface area contributed by atoms with Gasteiger partial charge in [-0.25, -0.2) is 0 Å². The van der Waals surface area contributed by atoms with Crippen LogP contribution in [-0.4, -0.2) is 30.5 Å². The van der Waals surface area contributed by atoms with Gasteiger partial charge in [0.05, 0.1) is 31.9 Å². The molecule has 1 aliphatic rings. The zero-order valence-electron chi connectivity index (χ0n) is 24.2. The molecule has 6 heteroatoms. The number of fused-ring (bicyclic) bond motifs is 3. The van der Waals surface area contributed by atoms with Crippen LogP contribution in [0, 0.1) is 20.8 Å². The van der Waals surface area contributed by atoms with Gasteiger partial charge in [-0.1, -0.05) is 72.1 Å². The average molecular weight is 568 g/mol. The van der Waals surface area contributed by atoms with Crippen LogP contribution in [-0.2, 0) is 17.8 Å². The molecule has 212 valence electrons. The predicted octanol–water partition coefficient (Wildman–Crippen LogP) is 8.41. The van der Waals surface area contributed by atoms with E-state index in [1.165, 1.54) is 11.1 Å². The molecule has 0 bridgehead atoms. The first-order valence-electron chi connectivity index (χ1n) is 14.1. The smallest absolute Gasteiger partial charge is 0.307 e. The second kappa shape index (κ2) is 12.7. The highest BCUT2D eigenvalue weighted by atomic mass is 32.2. The third-order valence-corrected chi connectivity index (χ3v) is 8.47. The van der Waals surface area contributed by atoms with E-state index >= 15 is 0 Å². The van der Waals surface area contributed by atoms with Gasteiger partial charge >= 0.3 is 5.97 Å². The highest BCUT2D eigenvalue weighted by Crippen LogP contribution is 2.52. The van der Waals surface area contributed by atoms with E-state index in [1.54, 1.807) is 11.9 Å². The number of carboxylic acid groups (broad SMARTS) is 1. The second-order valence-electron chi connectivity index (χ2n) is 10.5. The van der Waals surface area contributed by atoms with Crippen molar-refractivity contribution < 1.29 is 19.4 Å². The molecule has 4 aromatic rings. The van der Waals surface area contributed by atoms with Gasteiger partial charge in [-0.05, 0) is 85.2 Å². The van der Waals surface area contributed by atoms with Gasteiger partial charge < -0.3 is 18.9 Å². The molecular formula is C35H37NO4S. The van der Waals surface area contributed by atoms with Crippen molar-refractivity contribution in [2.75, 3.05) is 23.8 Å². The van der Waals surface area contributed by atoms with Crippen molar-refractivity contribution in [1.82, 2.24) is 0 Å². The van der Waals surface area contributed by atoms with Gasteiger partial charge in [0, 0.05) is 17.4 Å². The highest BCUT2D eigenvalue weighted by Gasteiger charge is 2.32. The van der Waals surface area contributed by atoms with E-state index in [9.17, 15) is 9.90 Å². The Morgan fingerprint density at radius 2 is 1.54 bits per heavy atom. The molecule has 0 atom stereocenters. The fourth-order valence-corrected chi connectivity index (χ4v) is 6.42. The van der Waals surface area contributed by atoms with Gasteiger partial charge in [-0.2, -0.15) is 0 Å². The summed E-state index contributed by atoms with van der Waals surface area (Å²) in [4.78, 5) is 12.1. The number of carbonyl (C=O) groups is 1. The molecule has 1 N–H and O–H groups in total. The topological polar surface area (TPSA) is 59.0 Å². The number of aryl methyl sites for hydroxylation is 1. The Balaban J connectivity index is 1.51. The van der Waals surface area contributed by atoms with Crippen LogP contribution in [0.5, 0.6) is 11.5 Å². The van der Waals surface area contributed by atoms with Gasteiger partial charge in [0.25, 0.3) is 0 Å². The maximum Gasteiger partial charge on any atom is 0.307 e. The Morgan fingerprint density at radius 3 is 2.22 bits per heavy atom. The van der Waals surface area contributed by atoms with Gasteiger partial charge in [0.2, 0.25) is 0 Å². The summed E-state index contributed by atoms with van der Waals surface area (Å²) in [7, 11) is 0. The number of benzene rings is 4. The Hall–Kier alpha value is -3.90. The Kier molecular flexibility index (Phi) is 8.89. The number of para-hydroxylation sites is 1. The first-order valence-corrected chi connectivity index (χ1v) is 15.3. The molecule has 0 unspecified atom stereocenters. The summed E-state index contributed by atoms with van der Waals surface area (Å²) >= 11 is 1.67. The van der Waals surface area contributed by atoms with E-state index in [0.717, 1.165) is 75.5 Å². The minimum Gasteiger partial charge on any atom is -0.494 e. The lowest BCUT2D eigenvalue weighted by atomic mass is 9.80. The molecule has 5 rings (SSSR count). The number of hydrogen-bond donors (Lipinski definition) is 1. The first-order chi connectivity index (χ1) is 19.9. The van der Waals surface area contributed by atoms with Gasteiger partial charge in [-0.3, -0.25) is 4.79 Å². The zero-order chi connectivity index (χ0) is 28.9. The number of aliphatic carboxylic acids is 1. The SMILES string of the molecule is CSN1Cc2cccc(OCCCCOc3ccccc3)c2-c2c(C)c(-c3ccc(C)cc3)c(CC(=O)O)c(C)c21. The van der Waals surface area contributed by atoms with Crippen LogP contribution >= 0.6 is 11.9 Å². The van der Waals surface area contributed by atoms with Gasteiger partial charge in [0.15, 0.2) is 0 Å². The van der Waals surface area contributed by atoms with Crippen molar-refractivity contribution >= 4 is 23.6 Å². The lowest BCUT2D eigenvalue weighted by Crippen LogP contribution is -2.23. The van der Waals surface area contributed by atoms with Gasteiger partial charge in [0.1, 0.15) is 11.5 Å². The molecule has 5 nitrogen and oxygen atoms in total. The maximum absolute atomic E-state index is 12.1. The predicted molar refractivity (Wildman–Crippen MR) is 169 cm³/mol. The quantitative estimate of drug-likeness (QED) is 0.145. The summed E-state index contributed by atoms with van der Waals surface area (Å²) < 4.78 is 14.6. The van der Waals surface area contributed by atoms with Crippen molar-refractivity contribution in [2.24, 2.45) is 0 Å². The molecule has 0 radical (unpaired) electrons. The number of carboxylic acids is 1. The summed E-state index contributed by atoms with van der Waals surface area (Å²) in [6.07, 6.45) is 3.83. The minimum absolute atomic E-state index is 0.0263. The number of anilines is 1. The van der Waals surface area contributed by atoms with Gasteiger partial charge in [-0.15, -0.1) is 0 Å². The maximum atomic E-state index is 12.1. The fraction of sp³-hybridized carbons (Fsp3) is 0.286. The molecule has 41 heavy (non-hydrogen) atoms. The molecule has 0 saturated carbocycles. The van der Waals surface area contributed by atoms with E-state index in [0.29, 0.717) is 13.2 Å². The van der Waals surface area contributed by atoms with Crippen LogP contribution in [0.4, 0.5) is 5.69 Å². The Morgan fingerprint density at radius 1 is 0.829 bits per heavy atom. The van der Waals surface area contributed by atoms with E-state index in [-0.39, 0.29) is 6.42 Å². The van der Waals surface area contributed by atoms with Crippen molar-refractivity contribution in [3.05, 3.63) is 101 Å². The van der Waals surface area contributed by atoms with E-state index in [4.69, 9.17) is 9.47 Å². The molecule has 0 aliphatic carbocycles. The lowest BCUT2D eigenvalue weighted by Gasteiger charge is -2.36. The van der Waals surface area contributed by atoms with Crippen LogP contribution < -0.4 is 13.8 Å². The van der Waals surface area contributed by atoms with Crippen LogP contribution in [0.3, 0.4) is 0 Å². The van der Waals surface area contributed by atoms with E-state index in [1.807, 2.05) is 30.3 Å². The third kappa shape index (κ3) is 6.08. The fourth-order valence-electron chi connectivity index (χ4n) is 5.74. The molecule has 0 fully saturated rings. The first kappa shape index (κ1) is 28.6. The molecule has 0 amide bonds. The summed E-state index contributed by atoms with van der Waals surface area (Å²) in [6.45, 7) is 8.23. The van der Waals surface area contributed by atoms with E-state index < -0.39 is 5.97 Å². The average Bonchev–Trinajstić information content (AvgIpc) is 2.97. The van der Waals surface area contributed by atoms with Crippen LogP contribution in [0.1, 0.15) is 40.7 Å². The number of hydrogen-bond acceptors (Lipinski definition) is 5. The van der Waals surface area contributed by atoms with Crippen LogP contribution in [0.2, 0.25) is 0 Å². The summed E-state index contributed by atoms with van der Waals surface area (Å²) in [5.74, 6) is 0.933. The monoisotopic (exact) mass is 567 g/mol.